The van der Waals surface area contributed by atoms with E-state index in [1.165, 1.54) is 0 Å². The van der Waals surface area contributed by atoms with Gasteiger partial charge in [0.1, 0.15) is 0 Å². The second-order valence-corrected chi connectivity index (χ2v) is 1.34. The number of hydrogen-bond acceptors (Lipinski definition) is 0. The first-order chi connectivity index (χ1) is 3.06. The largest absolute Gasteiger partial charge is 0.343 e. The molecule has 0 rings (SSSR count). The lowest BCUT2D eigenvalue weighted by atomic mass is 10.7. The number of allylic oxidation sites excluding steroid dienone is 1. The Bertz CT molecular complexity index is 72.7. The smallest absolute Gasteiger partial charge is 0.216 e. The Morgan fingerprint density at radius 1 is 1.43 bits per heavy atom. The van der Waals surface area contributed by atoms with Crippen molar-refractivity contribution in [2.75, 3.05) is 0 Å². The van der Waals surface area contributed by atoms with E-state index in [2.05, 4.69) is 11.6 Å². The minimum atomic E-state index is -3.53. The average molecular weight is 130 g/mol. The third kappa shape index (κ3) is 5.82. The van der Waals surface area contributed by atoms with Crippen molar-refractivity contribution in [2.24, 2.45) is 0 Å². The van der Waals surface area contributed by atoms with Crippen molar-refractivity contribution in [3.63, 3.8) is 0 Å². The summed E-state index contributed by atoms with van der Waals surface area (Å²) in [5, 5.41) is -3.53. The summed E-state index contributed by atoms with van der Waals surface area (Å²) in [5.74, 6) is 0. The molecule has 0 aromatic rings. The summed E-state index contributed by atoms with van der Waals surface area (Å²) >= 11 is 4.17. The summed E-state index contributed by atoms with van der Waals surface area (Å²) in [4.78, 5) is 0. The lowest BCUT2D eigenvalue weighted by molar-refractivity contribution is 0.151. The van der Waals surface area contributed by atoms with E-state index in [1.54, 1.807) is 0 Å². The highest BCUT2D eigenvalue weighted by molar-refractivity contribution is 6.22. The SMILES string of the molecule is FC=CC(F)(F)Cl. The summed E-state index contributed by atoms with van der Waals surface area (Å²) in [6.07, 6.45) is -0.346. The first-order valence-electron chi connectivity index (χ1n) is 1.41. The van der Waals surface area contributed by atoms with E-state index >= 15 is 0 Å². The highest BCUT2D eigenvalue weighted by Gasteiger charge is 2.18. The maximum Gasteiger partial charge on any atom is 0.343 e. The Labute approximate surface area is 43.6 Å². The minimum Gasteiger partial charge on any atom is -0.216 e. The maximum absolute atomic E-state index is 11.2. The van der Waals surface area contributed by atoms with Crippen LogP contribution in [0.1, 0.15) is 0 Å². The van der Waals surface area contributed by atoms with Crippen LogP contribution < -0.4 is 0 Å². The summed E-state index contributed by atoms with van der Waals surface area (Å²) in [5.41, 5.74) is 0. The fourth-order valence-corrected chi connectivity index (χ4v) is 0.119. The molecule has 0 heterocycles. The van der Waals surface area contributed by atoms with Crippen LogP contribution in [-0.2, 0) is 0 Å². The number of rotatable bonds is 1. The molecule has 0 amide bonds. The van der Waals surface area contributed by atoms with Crippen molar-refractivity contribution < 1.29 is 13.2 Å². The normalized spacial score (nSPS) is 13.1. The molecule has 0 bridgehead atoms. The van der Waals surface area contributed by atoms with Gasteiger partial charge in [-0.1, -0.05) is 0 Å². The third-order valence-corrected chi connectivity index (χ3v) is 0.378. The summed E-state index contributed by atoms with van der Waals surface area (Å²) in [6.45, 7) is 0. The summed E-state index contributed by atoms with van der Waals surface area (Å²) < 4.78 is 33.1. The molecule has 0 nitrogen and oxygen atoms in total. The van der Waals surface area contributed by atoms with Gasteiger partial charge in [-0.15, -0.1) is 0 Å². The monoisotopic (exact) mass is 130 g/mol. The van der Waals surface area contributed by atoms with Gasteiger partial charge in [-0.2, -0.15) is 8.78 Å². The van der Waals surface area contributed by atoms with E-state index in [4.69, 9.17) is 0 Å². The standard InChI is InChI=1S/C3H2ClF3/c4-3(6,7)1-2-5/h1-2H. The molecular formula is C3H2ClF3. The second kappa shape index (κ2) is 2.21. The fourth-order valence-electron chi connectivity index (χ4n) is 0.0714. The van der Waals surface area contributed by atoms with Gasteiger partial charge in [-0.05, 0) is 11.6 Å². The van der Waals surface area contributed by atoms with Gasteiger partial charge in [0.05, 0.1) is 6.33 Å². The van der Waals surface area contributed by atoms with E-state index in [0.29, 0.717) is 0 Å². The number of halogens is 4. The Morgan fingerprint density at radius 3 is 1.86 bits per heavy atom. The van der Waals surface area contributed by atoms with Crippen molar-refractivity contribution in [1.82, 2.24) is 0 Å². The van der Waals surface area contributed by atoms with Crippen LogP contribution in [-0.4, -0.2) is 5.38 Å². The van der Waals surface area contributed by atoms with Crippen molar-refractivity contribution in [3.05, 3.63) is 12.4 Å². The molecule has 0 aliphatic carbocycles. The predicted octanol–water partition coefficient (Wildman–Crippen LogP) is 2.30. The van der Waals surface area contributed by atoms with Gasteiger partial charge < -0.3 is 0 Å². The molecule has 0 saturated carbocycles. The number of hydrogen-bond donors (Lipinski definition) is 0. The van der Waals surface area contributed by atoms with E-state index in [1.807, 2.05) is 0 Å². The average Bonchev–Trinajstić information content (AvgIpc) is 1.30. The van der Waals surface area contributed by atoms with Crippen LogP contribution >= 0.6 is 11.6 Å². The Hall–Kier alpha value is -0.180. The predicted molar refractivity (Wildman–Crippen MR) is 21.0 cm³/mol. The van der Waals surface area contributed by atoms with Crippen molar-refractivity contribution in [1.29, 1.82) is 0 Å². The topological polar surface area (TPSA) is 0 Å². The van der Waals surface area contributed by atoms with Crippen LogP contribution in [0.3, 0.4) is 0 Å². The van der Waals surface area contributed by atoms with Crippen LogP contribution in [0.25, 0.3) is 0 Å². The maximum atomic E-state index is 11.2. The van der Waals surface area contributed by atoms with Crippen molar-refractivity contribution in [3.8, 4) is 0 Å². The van der Waals surface area contributed by atoms with Crippen LogP contribution in [0.4, 0.5) is 13.2 Å². The van der Waals surface area contributed by atoms with Gasteiger partial charge in [0.2, 0.25) is 0 Å². The van der Waals surface area contributed by atoms with E-state index in [-0.39, 0.29) is 12.4 Å². The molecule has 0 aliphatic heterocycles. The van der Waals surface area contributed by atoms with Gasteiger partial charge in [-0.25, -0.2) is 4.39 Å². The number of alkyl halides is 3. The zero-order valence-corrected chi connectivity index (χ0v) is 3.92. The molecule has 4 heteroatoms. The van der Waals surface area contributed by atoms with Crippen molar-refractivity contribution in [2.45, 2.75) is 5.38 Å². The van der Waals surface area contributed by atoms with Crippen molar-refractivity contribution >= 4 is 11.6 Å². The molecule has 0 atom stereocenters. The third-order valence-electron chi connectivity index (χ3n) is 0.252. The van der Waals surface area contributed by atoms with Crippen LogP contribution in [0.2, 0.25) is 0 Å². The molecule has 0 aromatic heterocycles. The molecular weight excluding hydrogens is 128 g/mol. The zero-order chi connectivity index (χ0) is 5.91. The first kappa shape index (κ1) is 6.82. The molecule has 0 radical (unpaired) electrons. The van der Waals surface area contributed by atoms with E-state index in [9.17, 15) is 13.2 Å². The lowest BCUT2D eigenvalue weighted by Gasteiger charge is -1.94. The molecule has 7 heavy (non-hydrogen) atoms. The lowest BCUT2D eigenvalue weighted by Crippen LogP contribution is -1.97. The van der Waals surface area contributed by atoms with Gasteiger partial charge >= 0.3 is 5.38 Å². The second-order valence-electron chi connectivity index (χ2n) is 0.834. The molecule has 42 valence electrons. The van der Waals surface area contributed by atoms with Gasteiger partial charge in [0.15, 0.2) is 0 Å². The first-order valence-corrected chi connectivity index (χ1v) is 1.79. The highest BCUT2D eigenvalue weighted by Crippen LogP contribution is 2.19. The molecule has 0 fully saturated rings. The van der Waals surface area contributed by atoms with Gasteiger partial charge in [-0.3, -0.25) is 0 Å². The fraction of sp³-hybridized carbons (Fsp3) is 0.333. The molecule has 0 saturated heterocycles. The van der Waals surface area contributed by atoms with Crippen LogP contribution in [0, 0.1) is 0 Å². The molecule has 0 spiro atoms. The quantitative estimate of drug-likeness (QED) is 0.478. The van der Waals surface area contributed by atoms with Crippen LogP contribution in [0.15, 0.2) is 12.4 Å². The van der Waals surface area contributed by atoms with E-state index < -0.39 is 5.38 Å². The zero-order valence-electron chi connectivity index (χ0n) is 3.17. The van der Waals surface area contributed by atoms with E-state index in [0.717, 1.165) is 0 Å². The molecule has 0 aliphatic rings. The van der Waals surface area contributed by atoms with Gasteiger partial charge in [0.25, 0.3) is 0 Å². The molecule has 0 unspecified atom stereocenters. The Kier molecular flexibility index (Phi) is 2.15. The highest BCUT2D eigenvalue weighted by atomic mass is 35.5. The molecule has 0 N–H and O–H groups in total. The minimum absolute atomic E-state index is 0.0471. The summed E-state index contributed by atoms with van der Waals surface area (Å²) in [7, 11) is 0. The summed E-state index contributed by atoms with van der Waals surface area (Å²) in [6, 6.07) is 0. The van der Waals surface area contributed by atoms with Crippen LogP contribution in [0.5, 0.6) is 0 Å². The Balaban J connectivity index is 3.56. The van der Waals surface area contributed by atoms with Gasteiger partial charge in [0, 0.05) is 6.08 Å². The molecule has 0 aromatic carbocycles. The Morgan fingerprint density at radius 2 is 1.86 bits per heavy atom.